The molecule has 0 aliphatic heterocycles. The summed E-state index contributed by atoms with van der Waals surface area (Å²) in [6, 6.07) is 5.44. The van der Waals surface area contributed by atoms with Gasteiger partial charge in [-0.3, -0.25) is 4.79 Å². The molecule has 0 amide bonds. The molecule has 128 valence electrons. The summed E-state index contributed by atoms with van der Waals surface area (Å²) >= 11 is 0. The maximum Gasteiger partial charge on any atom is 0.163 e. The zero-order valence-electron chi connectivity index (χ0n) is 14.8. The van der Waals surface area contributed by atoms with Gasteiger partial charge >= 0.3 is 0 Å². The summed E-state index contributed by atoms with van der Waals surface area (Å²) in [5.74, 6) is 2.08. The van der Waals surface area contributed by atoms with E-state index in [9.17, 15) is 9.90 Å². The molecule has 3 unspecified atom stereocenters. The summed E-state index contributed by atoms with van der Waals surface area (Å²) in [4.78, 5) is 12.7. The Bertz CT molecular complexity index is 702. The van der Waals surface area contributed by atoms with Gasteiger partial charge in [0.1, 0.15) is 5.75 Å². The van der Waals surface area contributed by atoms with Crippen LogP contribution in [0.5, 0.6) is 5.75 Å². The standard InChI is InChI=1S/C22H28O2/c1-3-4-5-14-6-9-20-18-13-21(24)19-12-15(23)7-8-16(19)17(18)10-11-22(14,20)2/h5,7-8,12,17-18,20,23H,3-4,6,9-11,13H2,1-2H3/b14-5-/t17?,18?,20?,22-/m1/s1. The maximum atomic E-state index is 12.7. The highest BCUT2D eigenvalue weighted by molar-refractivity contribution is 5.99. The highest BCUT2D eigenvalue weighted by atomic mass is 16.3. The number of ketones is 1. The van der Waals surface area contributed by atoms with Crippen LogP contribution in [0.1, 0.15) is 80.6 Å². The first-order valence-electron chi connectivity index (χ1n) is 9.60. The van der Waals surface area contributed by atoms with Gasteiger partial charge in [0.25, 0.3) is 0 Å². The van der Waals surface area contributed by atoms with Gasteiger partial charge in [-0.1, -0.05) is 38.0 Å². The normalized spacial score (nSPS) is 36.3. The number of Topliss-reactive ketones (excluding diaryl/α,β-unsaturated/α-hetero) is 1. The molecule has 1 aromatic rings. The second-order valence-corrected chi connectivity index (χ2v) is 8.29. The molecule has 0 radical (unpaired) electrons. The molecule has 0 bridgehead atoms. The predicted octanol–water partition coefficient (Wildman–Crippen LogP) is 5.62. The lowest BCUT2D eigenvalue weighted by molar-refractivity contribution is 0.0652. The predicted molar refractivity (Wildman–Crippen MR) is 96.3 cm³/mol. The number of carbonyl (C=O) groups is 1. The Labute approximate surface area is 145 Å². The summed E-state index contributed by atoms with van der Waals surface area (Å²) in [5.41, 5.74) is 3.95. The lowest BCUT2D eigenvalue weighted by Gasteiger charge is -2.49. The number of allylic oxidation sites excluding steroid dienone is 2. The van der Waals surface area contributed by atoms with Crippen molar-refractivity contribution in [3.05, 3.63) is 41.0 Å². The van der Waals surface area contributed by atoms with Gasteiger partial charge in [0, 0.05) is 12.0 Å². The van der Waals surface area contributed by atoms with E-state index in [1.54, 1.807) is 17.7 Å². The highest BCUT2D eigenvalue weighted by Crippen LogP contribution is 2.62. The first-order valence-corrected chi connectivity index (χ1v) is 9.60. The second kappa shape index (κ2) is 5.75. The molecular weight excluding hydrogens is 296 g/mol. The molecular formula is C22H28O2. The molecule has 3 aliphatic rings. The number of carbonyl (C=O) groups excluding carboxylic acids is 1. The van der Waals surface area contributed by atoms with Crippen molar-refractivity contribution < 1.29 is 9.90 Å². The minimum Gasteiger partial charge on any atom is -0.508 e. The van der Waals surface area contributed by atoms with Crippen molar-refractivity contribution in [3.63, 3.8) is 0 Å². The lowest BCUT2D eigenvalue weighted by Crippen LogP contribution is -2.41. The molecule has 1 N–H and O–H groups in total. The van der Waals surface area contributed by atoms with E-state index >= 15 is 0 Å². The number of phenols is 1. The van der Waals surface area contributed by atoms with Crippen LogP contribution in [-0.2, 0) is 0 Å². The van der Waals surface area contributed by atoms with Gasteiger partial charge in [0.05, 0.1) is 0 Å². The van der Waals surface area contributed by atoms with E-state index in [2.05, 4.69) is 19.9 Å². The van der Waals surface area contributed by atoms with Crippen molar-refractivity contribution in [1.29, 1.82) is 0 Å². The van der Waals surface area contributed by atoms with E-state index in [4.69, 9.17) is 0 Å². The van der Waals surface area contributed by atoms with E-state index in [1.807, 2.05) is 6.07 Å². The summed E-state index contributed by atoms with van der Waals surface area (Å²) in [7, 11) is 0. The van der Waals surface area contributed by atoms with Crippen molar-refractivity contribution in [2.75, 3.05) is 0 Å². The van der Waals surface area contributed by atoms with Crippen LogP contribution in [0.15, 0.2) is 29.8 Å². The van der Waals surface area contributed by atoms with Crippen LogP contribution in [0.3, 0.4) is 0 Å². The van der Waals surface area contributed by atoms with E-state index in [-0.39, 0.29) is 11.5 Å². The third-order valence-corrected chi connectivity index (χ3v) is 7.12. The molecule has 2 heteroatoms. The van der Waals surface area contributed by atoms with Gasteiger partial charge in [-0.25, -0.2) is 0 Å². The monoisotopic (exact) mass is 324 g/mol. The van der Waals surface area contributed by atoms with Crippen LogP contribution < -0.4 is 0 Å². The second-order valence-electron chi connectivity index (χ2n) is 8.29. The maximum absolute atomic E-state index is 12.7. The Hall–Kier alpha value is -1.57. The number of hydrogen-bond acceptors (Lipinski definition) is 2. The van der Waals surface area contributed by atoms with Crippen molar-refractivity contribution in [2.24, 2.45) is 17.3 Å². The lowest BCUT2D eigenvalue weighted by atomic mass is 9.55. The number of aromatic hydroxyl groups is 1. The van der Waals surface area contributed by atoms with Crippen LogP contribution in [0.2, 0.25) is 0 Å². The molecule has 0 saturated heterocycles. The van der Waals surface area contributed by atoms with Crippen molar-refractivity contribution in [1.82, 2.24) is 0 Å². The topological polar surface area (TPSA) is 37.3 Å². The van der Waals surface area contributed by atoms with Crippen LogP contribution in [0.4, 0.5) is 0 Å². The molecule has 2 fully saturated rings. The third-order valence-electron chi connectivity index (χ3n) is 7.12. The quantitative estimate of drug-likeness (QED) is 0.717. The Morgan fingerprint density at radius 3 is 2.96 bits per heavy atom. The van der Waals surface area contributed by atoms with Gasteiger partial charge in [-0.15, -0.1) is 0 Å². The summed E-state index contributed by atoms with van der Waals surface area (Å²) in [6.45, 7) is 4.70. The number of rotatable bonds is 2. The van der Waals surface area contributed by atoms with E-state index in [0.717, 1.165) is 5.56 Å². The number of benzene rings is 1. The zero-order valence-corrected chi connectivity index (χ0v) is 14.8. The third kappa shape index (κ3) is 2.26. The molecule has 3 aliphatic carbocycles. The fourth-order valence-corrected chi connectivity index (χ4v) is 5.89. The number of fused-ring (bicyclic) bond motifs is 5. The molecule has 0 heterocycles. The molecule has 1 aromatic carbocycles. The van der Waals surface area contributed by atoms with Gasteiger partial charge in [0.15, 0.2) is 5.78 Å². The Kier molecular flexibility index (Phi) is 3.82. The number of phenolic OH excluding ortho intramolecular Hbond substituents is 1. The van der Waals surface area contributed by atoms with Crippen LogP contribution in [-0.4, -0.2) is 10.9 Å². The average molecular weight is 324 g/mol. The van der Waals surface area contributed by atoms with E-state index < -0.39 is 0 Å². The first-order chi connectivity index (χ1) is 11.5. The van der Waals surface area contributed by atoms with Gasteiger partial charge in [-0.2, -0.15) is 0 Å². The summed E-state index contributed by atoms with van der Waals surface area (Å²) < 4.78 is 0. The van der Waals surface area contributed by atoms with Gasteiger partial charge < -0.3 is 5.11 Å². The van der Waals surface area contributed by atoms with Crippen LogP contribution >= 0.6 is 0 Å². The molecule has 0 aromatic heterocycles. The Morgan fingerprint density at radius 1 is 1.33 bits per heavy atom. The summed E-state index contributed by atoms with van der Waals surface area (Å²) in [5, 5.41) is 9.75. The highest BCUT2D eigenvalue weighted by Gasteiger charge is 2.53. The van der Waals surface area contributed by atoms with Gasteiger partial charge in [-0.05, 0) is 73.0 Å². The van der Waals surface area contributed by atoms with Crippen molar-refractivity contribution >= 4 is 5.78 Å². The number of hydrogen-bond donors (Lipinski definition) is 1. The van der Waals surface area contributed by atoms with Crippen molar-refractivity contribution in [2.45, 2.75) is 64.7 Å². The van der Waals surface area contributed by atoms with Crippen molar-refractivity contribution in [3.8, 4) is 5.75 Å². The SMILES string of the molecule is CCC/C=C1/CCC2C3CC(=O)c4cc(O)ccc4C3CC[C@]12C. The van der Waals surface area contributed by atoms with E-state index in [1.165, 1.54) is 44.1 Å². The molecule has 24 heavy (non-hydrogen) atoms. The Balaban J connectivity index is 1.70. The van der Waals surface area contributed by atoms with Crippen LogP contribution in [0.25, 0.3) is 0 Å². The van der Waals surface area contributed by atoms with E-state index in [0.29, 0.717) is 29.6 Å². The zero-order chi connectivity index (χ0) is 16.9. The van der Waals surface area contributed by atoms with Gasteiger partial charge in [0.2, 0.25) is 0 Å². The minimum absolute atomic E-state index is 0.215. The number of unbranched alkanes of at least 4 members (excludes halogenated alkanes) is 1. The largest absolute Gasteiger partial charge is 0.508 e. The fraction of sp³-hybridized carbons (Fsp3) is 0.591. The average Bonchev–Trinajstić information content (AvgIpc) is 2.90. The molecule has 2 saturated carbocycles. The molecule has 0 spiro atoms. The summed E-state index contributed by atoms with van der Waals surface area (Å²) in [6.07, 6.45) is 10.4. The first kappa shape index (κ1) is 15.9. The molecule has 4 rings (SSSR count). The molecule has 4 atom stereocenters. The fourth-order valence-electron chi connectivity index (χ4n) is 5.89. The minimum atomic E-state index is 0.215. The smallest absolute Gasteiger partial charge is 0.163 e. The Morgan fingerprint density at radius 2 is 2.17 bits per heavy atom. The van der Waals surface area contributed by atoms with Crippen LogP contribution in [0, 0.1) is 17.3 Å². The molecule has 2 nitrogen and oxygen atoms in total.